The second-order valence-corrected chi connectivity index (χ2v) is 7.61. The van der Waals surface area contributed by atoms with Crippen LogP contribution in [0.15, 0.2) is 58.3 Å². The highest BCUT2D eigenvalue weighted by atomic mass is 35.5. The molecular weight excluding hydrogens is 379 g/mol. The standard InChI is InChI=1S/C16H13ClF3NO3S/c1-10(21-15(22)16(18,19)20)11-2-6-13(7-3-11)25(23,24)14-8-4-12(17)5-9-14/h2-10H,1H3,(H,21,22)/t10-/m0/s1. The Morgan fingerprint density at radius 2 is 1.44 bits per heavy atom. The molecule has 0 aliphatic carbocycles. The lowest BCUT2D eigenvalue weighted by molar-refractivity contribution is -0.174. The summed E-state index contributed by atoms with van der Waals surface area (Å²) in [5, 5.41) is 2.20. The summed E-state index contributed by atoms with van der Waals surface area (Å²) in [5.41, 5.74) is 0.340. The molecule has 1 amide bonds. The Kier molecular flexibility index (Phi) is 5.43. The minimum absolute atomic E-state index is 0.0204. The van der Waals surface area contributed by atoms with Crippen molar-refractivity contribution >= 4 is 27.3 Å². The van der Waals surface area contributed by atoms with Gasteiger partial charge in [0.1, 0.15) is 0 Å². The van der Waals surface area contributed by atoms with Crippen LogP contribution in [0.3, 0.4) is 0 Å². The molecule has 2 aromatic rings. The van der Waals surface area contributed by atoms with E-state index in [2.05, 4.69) is 0 Å². The molecule has 2 rings (SSSR count). The summed E-state index contributed by atoms with van der Waals surface area (Å²) in [6.45, 7) is 1.37. The predicted molar refractivity (Wildman–Crippen MR) is 86.0 cm³/mol. The van der Waals surface area contributed by atoms with Crippen LogP contribution in [0.2, 0.25) is 5.02 Å². The molecule has 0 fully saturated rings. The molecular formula is C16H13ClF3NO3S. The molecule has 25 heavy (non-hydrogen) atoms. The van der Waals surface area contributed by atoms with Crippen molar-refractivity contribution in [3.05, 3.63) is 59.1 Å². The number of rotatable bonds is 4. The zero-order chi connectivity index (χ0) is 18.8. The van der Waals surface area contributed by atoms with E-state index in [1.165, 1.54) is 55.5 Å². The van der Waals surface area contributed by atoms with Crippen LogP contribution < -0.4 is 5.32 Å². The molecule has 0 unspecified atom stereocenters. The van der Waals surface area contributed by atoms with Gasteiger partial charge in [0.25, 0.3) is 0 Å². The number of hydrogen-bond donors (Lipinski definition) is 1. The van der Waals surface area contributed by atoms with Gasteiger partial charge >= 0.3 is 12.1 Å². The molecule has 0 saturated carbocycles. The Balaban J connectivity index is 2.22. The van der Waals surface area contributed by atoms with Crippen LogP contribution in [0, 0.1) is 0 Å². The van der Waals surface area contributed by atoms with Gasteiger partial charge in [-0.3, -0.25) is 4.79 Å². The van der Waals surface area contributed by atoms with Crippen LogP contribution in [0.25, 0.3) is 0 Å². The molecule has 0 aliphatic heterocycles. The van der Waals surface area contributed by atoms with Crippen molar-refractivity contribution < 1.29 is 26.4 Å². The van der Waals surface area contributed by atoms with Gasteiger partial charge in [-0.15, -0.1) is 0 Å². The summed E-state index contributed by atoms with van der Waals surface area (Å²) in [7, 11) is -3.77. The third-order valence-electron chi connectivity index (χ3n) is 3.42. The first-order valence-electron chi connectivity index (χ1n) is 7.00. The number of carbonyl (C=O) groups is 1. The number of sulfone groups is 1. The van der Waals surface area contributed by atoms with Crippen LogP contribution in [0.4, 0.5) is 13.2 Å². The van der Waals surface area contributed by atoms with E-state index < -0.39 is 28.0 Å². The van der Waals surface area contributed by atoms with Crippen molar-refractivity contribution in [3.63, 3.8) is 0 Å². The normalized spacial score (nSPS) is 13.3. The van der Waals surface area contributed by atoms with Crippen molar-refractivity contribution in [2.24, 2.45) is 0 Å². The van der Waals surface area contributed by atoms with E-state index in [-0.39, 0.29) is 9.79 Å². The average Bonchev–Trinajstić information content (AvgIpc) is 2.54. The highest BCUT2D eigenvalue weighted by Gasteiger charge is 2.39. The van der Waals surface area contributed by atoms with Crippen molar-refractivity contribution in [1.29, 1.82) is 0 Å². The van der Waals surface area contributed by atoms with Gasteiger partial charge in [0.2, 0.25) is 9.84 Å². The molecule has 134 valence electrons. The predicted octanol–water partition coefficient (Wildman–Crippen LogP) is 3.91. The Labute approximate surface area is 147 Å². The maximum Gasteiger partial charge on any atom is 0.471 e. The van der Waals surface area contributed by atoms with E-state index in [0.29, 0.717) is 10.6 Å². The Hall–Kier alpha value is -2.06. The first-order valence-corrected chi connectivity index (χ1v) is 8.86. The maximum absolute atomic E-state index is 12.5. The van der Waals surface area contributed by atoms with Crippen LogP contribution in [0.1, 0.15) is 18.5 Å². The minimum Gasteiger partial charge on any atom is -0.342 e. The summed E-state index contributed by atoms with van der Waals surface area (Å²) in [6, 6.07) is 9.92. The summed E-state index contributed by atoms with van der Waals surface area (Å²) in [5.74, 6) is -2.06. The van der Waals surface area contributed by atoms with E-state index in [1.807, 2.05) is 0 Å². The lowest BCUT2D eigenvalue weighted by atomic mass is 10.1. The van der Waals surface area contributed by atoms with Gasteiger partial charge in [-0.2, -0.15) is 13.2 Å². The van der Waals surface area contributed by atoms with Crippen molar-refractivity contribution in [3.8, 4) is 0 Å². The number of amides is 1. The van der Waals surface area contributed by atoms with Gasteiger partial charge < -0.3 is 5.32 Å². The van der Waals surface area contributed by atoms with Gasteiger partial charge in [-0.05, 0) is 48.9 Å². The SMILES string of the molecule is C[C@H](NC(=O)C(F)(F)F)c1ccc(S(=O)(=O)c2ccc(Cl)cc2)cc1. The molecule has 2 aromatic carbocycles. The molecule has 0 aliphatic rings. The third kappa shape index (κ3) is 4.52. The fourth-order valence-electron chi connectivity index (χ4n) is 2.05. The number of nitrogens with one attached hydrogen (secondary N) is 1. The topological polar surface area (TPSA) is 63.2 Å². The summed E-state index contributed by atoms with van der Waals surface area (Å²) < 4.78 is 61.7. The van der Waals surface area contributed by atoms with E-state index >= 15 is 0 Å². The molecule has 0 bridgehead atoms. The Morgan fingerprint density at radius 1 is 1.00 bits per heavy atom. The average molecular weight is 392 g/mol. The Bertz CT molecular complexity index is 863. The lowest BCUT2D eigenvalue weighted by Gasteiger charge is -2.16. The van der Waals surface area contributed by atoms with Gasteiger partial charge in [-0.1, -0.05) is 23.7 Å². The highest BCUT2D eigenvalue weighted by molar-refractivity contribution is 7.91. The van der Waals surface area contributed by atoms with Gasteiger partial charge in [-0.25, -0.2) is 8.42 Å². The molecule has 0 heterocycles. The molecule has 0 saturated heterocycles. The first kappa shape index (κ1) is 19.3. The van der Waals surface area contributed by atoms with Gasteiger partial charge in [0.15, 0.2) is 0 Å². The summed E-state index contributed by atoms with van der Waals surface area (Å²) >= 11 is 5.73. The zero-order valence-corrected chi connectivity index (χ0v) is 14.4. The number of alkyl halides is 3. The molecule has 0 aromatic heterocycles. The maximum atomic E-state index is 12.5. The van der Waals surface area contributed by atoms with Gasteiger partial charge in [0.05, 0.1) is 15.8 Å². The lowest BCUT2D eigenvalue weighted by Crippen LogP contribution is -2.38. The number of carbonyl (C=O) groups excluding carboxylic acids is 1. The minimum atomic E-state index is -4.98. The highest BCUT2D eigenvalue weighted by Crippen LogP contribution is 2.24. The molecule has 4 nitrogen and oxygen atoms in total. The zero-order valence-electron chi connectivity index (χ0n) is 12.8. The third-order valence-corrected chi connectivity index (χ3v) is 5.46. The smallest absolute Gasteiger partial charge is 0.342 e. The molecule has 9 heteroatoms. The number of hydrogen-bond acceptors (Lipinski definition) is 3. The van der Waals surface area contributed by atoms with E-state index in [0.717, 1.165) is 0 Å². The fraction of sp³-hybridized carbons (Fsp3) is 0.188. The van der Waals surface area contributed by atoms with E-state index in [9.17, 15) is 26.4 Å². The van der Waals surface area contributed by atoms with Crippen LogP contribution in [-0.4, -0.2) is 20.5 Å². The Morgan fingerprint density at radius 3 is 1.88 bits per heavy atom. The van der Waals surface area contributed by atoms with Crippen LogP contribution >= 0.6 is 11.6 Å². The summed E-state index contributed by atoms with van der Waals surface area (Å²) in [6.07, 6.45) is -4.98. The van der Waals surface area contributed by atoms with Gasteiger partial charge in [0, 0.05) is 5.02 Å². The first-order chi connectivity index (χ1) is 11.5. The second kappa shape index (κ2) is 7.05. The quantitative estimate of drug-likeness (QED) is 0.859. The monoisotopic (exact) mass is 391 g/mol. The van der Waals surface area contributed by atoms with Crippen molar-refractivity contribution in [2.45, 2.75) is 28.9 Å². The molecule has 0 radical (unpaired) electrons. The van der Waals surface area contributed by atoms with Crippen molar-refractivity contribution in [2.75, 3.05) is 0 Å². The van der Waals surface area contributed by atoms with E-state index in [1.54, 1.807) is 5.32 Å². The molecule has 1 atom stereocenters. The van der Waals surface area contributed by atoms with Crippen molar-refractivity contribution in [1.82, 2.24) is 5.32 Å². The number of benzene rings is 2. The number of halogens is 4. The largest absolute Gasteiger partial charge is 0.471 e. The molecule has 1 N–H and O–H groups in total. The van der Waals surface area contributed by atoms with E-state index in [4.69, 9.17) is 11.6 Å². The molecule has 0 spiro atoms. The van der Waals surface area contributed by atoms with Crippen LogP contribution in [-0.2, 0) is 14.6 Å². The van der Waals surface area contributed by atoms with Crippen LogP contribution in [0.5, 0.6) is 0 Å². The second-order valence-electron chi connectivity index (χ2n) is 5.22. The fourth-order valence-corrected chi connectivity index (χ4v) is 3.43. The summed E-state index contributed by atoms with van der Waals surface area (Å²) in [4.78, 5) is 11.0.